The van der Waals surface area contributed by atoms with Crippen molar-refractivity contribution in [1.29, 1.82) is 0 Å². The van der Waals surface area contributed by atoms with E-state index in [4.69, 9.17) is 4.52 Å². The number of carbonyl (C=O) groups excluding carboxylic acids is 2. The molecule has 1 aliphatic heterocycles. The Morgan fingerprint density at radius 2 is 2.13 bits per heavy atom. The van der Waals surface area contributed by atoms with Gasteiger partial charge in [-0.25, -0.2) is 0 Å². The molecule has 0 bridgehead atoms. The van der Waals surface area contributed by atoms with Gasteiger partial charge in [0.05, 0.1) is 12.3 Å². The molecule has 6 heteroatoms. The molecule has 1 fully saturated rings. The molecule has 0 spiro atoms. The van der Waals surface area contributed by atoms with Gasteiger partial charge in [-0.15, -0.1) is 0 Å². The van der Waals surface area contributed by atoms with Crippen molar-refractivity contribution in [3.8, 4) is 0 Å². The number of likely N-dealkylation sites (tertiary alicyclic amines) is 1. The predicted octanol–water partition coefficient (Wildman–Crippen LogP) is 1.70. The van der Waals surface area contributed by atoms with E-state index in [2.05, 4.69) is 5.16 Å². The quantitative estimate of drug-likeness (QED) is 0.864. The van der Waals surface area contributed by atoms with Gasteiger partial charge in [0.2, 0.25) is 11.8 Å². The second kappa shape index (κ2) is 6.40. The fourth-order valence-electron chi connectivity index (χ4n) is 3.09. The van der Waals surface area contributed by atoms with E-state index in [9.17, 15) is 9.59 Å². The molecule has 1 aliphatic rings. The number of aromatic nitrogens is 1. The van der Waals surface area contributed by atoms with E-state index >= 15 is 0 Å². The van der Waals surface area contributed by atoms with E-state index in [0.717, 1.165) is 18.2 Å². The fourth-order valence-corrected chi connectivity index (χ4v) is 3.09. The summed E-state index contributed by atoms with van der Waals surface area (Å²) in [7, 11) is 3.51. The van der Waals surface area contributed by atoms with Crippen LogP contribution in [0, 0.1) is 5.92 Å². The number of carbonyl (C=O) groups is 2. The largest absolute Gasteiger partial charge is 0.356 e. The Balaban J connectivity index is 1.69. The lowest BCUT2D eigenvalue weighted by Gasteiger charge is -2.33. The number of fused-ring (bicyclic) bond motifs is 1. The summed E-state index contributed by atoms with van der Waals surface area (Å²) in [6.07, 6.45) is 1.91. The van der Waals surface area contributed by atoms with Crippen molar-refractivity contribution in [3.05, 3.63) is 30.0 Å². The van der Waals surface area contributed by atoms with E-state index in [1.54, 1.807) is 23.9 Å². The minimum absolute atomic E-state index is 0.000286. The summed E-state index contributed by atoms with van der Waals surface area (Å²) in [6, 6.07) is 7.52. The first-order chi connectivity index (χ1) is 11.1. The molecule has 3 rings (SSSR count). The Hall–Kier alpha value is -2.37. The summed E-state index contributed by atoms with van der Waals surface area (Å²) < 4.78 is 5.25. The van der Waals surface area contributed by atoms with Gasteiger partial charge in [0.15, 0.2) is 5.58 Å². The van der Waals surface area contributed by atoms with Crippen molar-refractivity contribution < 1.29 is 14.1 Å². The van der Waals surface area contributed by atoms with Crippen LogP contribution in [0.1, 0.15) is 18.5 Å². The molecule has 2 amide bonds. The van der Waals surface area contributed by atoms with Crippen molar-refractivity contribution in [2.24, 2.45) is 5.92 Å². The van der Waals surface area contributed by atoms with Crippen molar-refractivity contribution in [1.82, 2.24) is 15.0 Å². The Morgan fingerprint density at radius 3 is 2.91 bits per heavy atom. The number of para-hydroxylation sites is 1. The predicted molar refractivity (Wildman–Crippen MR) is 85.7 cm³/mol. The normalized spacial score (nSPS) is 18.2. The van der Waals surface area contributed by atoms with Crippen molar-refractivity contribution >= 4 is 22.8 Å². The first-order valence-corrected chi connectivity index (χ1v) is 7.88. The first kappa shape index (κ1) is 15.5. The Bertz CT molecular complexity index is 723. The zero-order valence-corrected chi connectivity index (χ0v) is 13.5. The third-order valence-electron chi connectivity index (χ3n) is 4.33. The van der Waals surface area contributed by atoms with E-state index < -0.39 is 0 Å². The molecule has 0 radical (unpaired) electrons. The molecule has 1 atom stereocenters. The lowest BCUT2D eigenvalue weighted by Crippen LogP contribution is -2.45. The van der Waals surface area contributed by atoms with Crippen LogP contribution in [-0.2, 0) is 16.0 Å². The van der Waals surface area contributed by atoms with Gasteiger partial charge in [-0.2, -0.15) is 0 Å². The minimum Gasteiger partial charge on any atom is -0.356 e. The van der Waals surface area contributed by atoms with Gasteiger partial charge in [0, 0.05) is 32.6 Å². The summed E-state index contributed by atoms with van der Waals surface area (Å²) in [6.45, 7) is 1.19. The summed E-state index contributed by atoms with van der Waals surface area (Å²) in [4.78, 5) is 28.1. The molecule has 122 valence electrons. The molecule has 23 heavy (non-hydrogen) atoms. The summed E-state index contributed by atoms with van der Waals surface area (Å²) in [5.41, 5.74) is 1.35. The topological polar surface area (TPSA) is 66.7 Å². The van der Waals surface area contributed by atoms with Gasteiger partial charge in [0.25, 0.3) is 0 Å². The maximum atomic E-state index is 12.6. The number of amides is 2. The maximum absolute atomic E-state index is 12.6. The third-order valence-corrected chi connectivity index (χ3v) is 4.33. The lowest BCUT2D eigenvalue weighted by atomic mass is 9.96. The van der Waals surface area contributed by atoms with Gasteiger partial charge in [-0.1, -0.05) is 17.3 Å². The average Bonchev–Trinajstić information content (AvgIpc) is 2.97. The SMILES string of the molecule is CN(C)C(=O)C1CCCN(C(=O)Cc2noc3ccccc23)C1. The lowest BCUT2D eigenvalue weighted by molar-refractivity contribution is -0.138. The number of rotatable bonds is 3. The van der Waals surface area contributed by atoms with Gasteiger partial charge in [-0.3, -0.25) is 9.59 Å². The van der Waals surface area contributed by atoms with Crippen LogP contribution < -0.4 is 0 Å². The number of nitrogens with zero attached hydrogens (tertiary/aromatic N) is 3. The number of piperidine rings is 1. The summed E-state index contributed by atoms with van der Waals surface area (Å²) >= 11 is 0. The molecule has 6 nitrogen and oxygen atoms in total. The Morgan fingerprint density at radius 1 is 1.35 bits per heavy atom. The van der Waals surface area contributed by atoms with Gasteiger partial charge >= 0.3 is 0 Å². The number of benzene rings is 1. The van der Waals surface area contributed by atoms with Gasteiger partial charge < -0.3 is 14.3 Å². The highest BCUT2D eigenvalue weighted by Crippen LogP contribution is 2.21. The molecule has 1 aromatic carbocycles. The number of hydrogen-bond donors (Lipinski definition) is 0. The molecule has 2 aromatic rings. The average molecular weight is 315 g/mol. The third kappa shape index (κ3) is 3.21. The summed E-state index contributed by atoms with van der Waals surface area (Å²) in [5, 5.41) is 4.89. The van der Waals surface area contributed by atoms with Crippen LogP contribution in [0.25, 0.3) is 11.0 Å². The van der Waals surface area contributed by atoms with Gasteiger partial charge in [-0.05, 0) is 25.0 Å². The number of hydrogen-bond acceptors (Lipinski definition) is 4. The van der Waals surface area contributed by atoms with Crippen LogP contribution in [0.4, 0.5) is 0 Å². The van der Waals surface area contributed by atoms with E-state index in [1.807, 2.05) is 24.3 Å². The van der Waals surface area contributed by atoms with Crippen molar-refractivity contribution in [2.45, 2.75) is 19.3 Å². The molecule has 0 aliphatic carbocycles. The van der Waals surface area contributed by atoms with Crippen LogP contribution in [-0.4, -0.2) is 54.0 Å². The van der Waals surface area contributed by atoms with Crippen LogP contribution >= 0.6 is 0 Å². The Labute approximate surface area is 135 Å². The zero-order valence-electron chi connectivity index (χ0n) is 13.5. The highest BCUT2D eigenvalue weighted by molar-refractivity contribution is 5.87. The zero-order chi connectivity index (χ0) is 16.4. The highest BCUT2D eigenvalue weighted by Gasteiger charge is 2.29. The molecule has 1 aromatic heterocycles. The van der Waals surface area contributed by atoms with E-state index in [0.29, 0.717) is 24.4 Å². The highest BCUT2D eigenvalue weighted by atomic mass is 16.5. The molecule has 0 N–H and O–H groups in total. The van der Waals surface area contributed by atoms with Gasteiger partial charge in [0.1, 0.15) is 5.69 Å². The standard InChI is InChI=1S/C17H21N3O3/c1-19(2)17(22)12-6-5-9-20(11-12)16(21)10-14-13-7-3-4-8-15(13)23-18-14/h3-4,7-8,12H,5-6,9-11H2,1-2H3. The van der Waals surface area contributed by atoms with Crippen LogP contribution in [0.5, 0.6) is 0 Å². The summed E-state index contributed by atoms with van der Waals surface area (Å²) in [5.74, 6) is -0.00792. The molecular weight excluding hydrogens is 294 g/mol. The molecule has 0 saturated carbocycles. The maximum Gasteiger partial charge on any atom is 0.228 e. The fraction of sp³-hybridized carbons (Fsp3) is 0.471. The van der Waals surface area contributed by atoms with E-state index in [1.165, 1.54) is 0 Å². The minimum atomic E-state index is -0.100. The Kier molecular flexibility index (Phi) is 4.32. The first-order valence-electron chi connectivity index (χ1n) is 7.88. The molecule has 1 unspecified atom stereocenters. The van der Waals surface area contributed by atoms with Crippen molar-refractivity contribution in [3.63, 3.8) is 0 Å². The second-order valence-corrected chi connectivity index (χ2v) is 6.21. The van der Waals surface area contributed by atoms with Crippen molar-refractivity contribution in [2.75, 3.05) is 27.2 Å². The molecule has 1 saturated heterocycles. The van der Waals surface area contributed by atoms with E-state index in [-0.39, 0.29) is 24.2 Å². The second-order valence-electron chi connectivity index (χ2n) is 6.21. The van der Waals surface area contributed by atoms with Crippen LogP contribution in [0.15, 0.2) is 28.8 Å². The van der Waals surface area contributed by atoms with Crippen LogP contribution in [0.3, 0.4) is 0 Å². The molecule has 2 heterocycles. The van der Waals surface area contributed by atoms with Crippen LogP contribution in [0.2, 0.25) is 0 Å². The smallest absolute Gasteiger partial charge is 0.228 e. The molecular formula is C17H21N3O3. The monoisotopic (exact) mass is 315 g/mol.